The number of likely N-dealkylation sites (N-methyl/N-ethyl adjacent to an activating group) is 1. The van der Waals surface area contributed by atoms with Crippen LogP contribution in [0.5, 0.6) is 0 Å². The van der Waals surface area contributed by atoms with Crippen LogP contribution in [0.2, 0.25) is 0 Å². The maximum Gasteiger partial charge on any atom is 0.261 e. The third-order valence-corrected chi connectivity index (χ3v) is 10.8. The molecule has 9 nitrogen and oxygen atoms in total. The van der Waals surface area contributed by atoms with Gasteiger partial charge in [-0.1, -0.05) is 26.8 Å². The monoisotopic (exact) mass is 574 g/mol. The number of nitrogens with one attached hydrogen (secondary N) is 2. The molecule has 42 heavy (non-hydrogen) atoms. The van der Waals surface area contributed by atoms with Crippen molar-refractivity contribution in [1.29, 1.82) is 0 Å². The summed E-state index contributed by atoms with van der Waals surface area (Å²) in [5.41, 5.74) is 2.10. The Balaban J connectivity index is 1.31. The van der Waals surface area contributed by atoms with Gasteiger partial charge in [-0.2, -0.15) is 0 Å². The van der Waals surface area contributed by atoms with Crippen molar-refractivity contribution in [3.05, 3.63) is 47.0 Å². The quantitative estimate of drug-likeness (QED) is 0.311. The predicted octanol–water partition coefficient (Wildman–Crippen LogP) is 3.46. The molecule has 2 aromatic rings. The maximum absolute atomic E-state index is 13.6. The summed E-state index contributed by atoms with van der Waals surface area (Å²) in [6.45, 7) is 21.3. The first-order valence-electron chi connectivity index (χ1n) is 16.0. The molecular weight excluding hydrogens is 524 g/mol. The summed E-state index contributed by atoms with van der Waals surface area (Å²) in [7, 11) is 2.16. The van der Waals surface area contributed by atoms with E-state index >= 15 is 0 Å². The number of anilines is 1. The van der Waals surface area contributed by atoms with Gasteiger partial charge in [0, 0.05) is 64.1 Å². The highest BCUT2D eigenvalue weighted by Crippen LogP contribution is 2.61. The van der Waals surface area contributed by atoms with Gasteiger partial charge in [-0.3, -0.25) is 14.3 Å². The average Bonchev–Trinajstić information content (AvgIpc) is 2.96. The first kappa shape index (κ1) is 29.3. The molecular formula is C33H50N8O. The molecule has 5 fully saturated rings. The van der Waals surface area contributed by atoms with E-state index < -0.39 is 0 Å². The van der Waals surface area contributed by atoms with E-state index in [9.17, 15) is 4.79 Å². The molecule has 0 radical (unpaired) electrons. The topological polar surface area (TPSA) is 81.0 Å². The first-order chi connectivity index (χ1) is 20.1. The Morgan fingerprint density at radius 2 is 1.98 bits per heavy atom. The second-order valence-electron chi connectivity index (χ2n) is 13.9. The number of hydrogen-bond acceptors (Lipinski definition) is 6. The van der Waals surface area contributed by atoms with Crippen molar-refractivity contribution in [3.8, 4) is 0 Å². The molecule has 9 heteroatoms. The SMILES string of the molecule is C=CCn1c(CN2CCN(C)CC2)nc2cc(NC(=NC3C[C@H]4C[C@H]([C@@H]3C)C4(C)C)N3CCN[C@@H](C)C3)ccc2c1=O. The Labute approximate surface area is 251 Å². The number of benzene rings is 1. The van der Waals surface area contributed by atoms with Gasteiger partial charge in [0.2, 0.25) is 0 Å². The number of rotatable bonds is 6. The minimum atomic E-state index is -0.00160. The summed E-state index contributed by atoms with van der Waals surface area (Å²) >= 11 is 0. The van der Waals surface area contributed by atoms with E-state index in [0.29, 0.717) is 41.9 Å². The van der Waals surface area contributed by atoms with Crippen molar-refractivity contribution >= 4 is 22.5 Å². The fourth-order valence-electron chi connectivity index (χ4n) is 7.89. The second-order valence-corrected chi connectivity index (χ2v) is 13.9. The molecule has 5 aliphatic rings. The molecule has 228 valence electrons. The van der Waals surface area contributed by atoms with Crippen LogP contribution in [0.25, 0.3) is 10.9 Å². The Morgan fingerprint density at radius 1 is 1.19 bits per heavy atom. The van der Waals surface area contributed by atoms with E-state index in [1.165, 1.54) is 6.42 Å². The summed E-state index contributed by atoms with van der Waals surface area (Å²) in [6.07, 6.45) is 4.30. The first-order valence-corrected chi connectivity index (χ1v) is 16.0. The molecule has 3 heterocycles. The highest BCUT2D eigenvalue weighted by Gasteiger charge is 2.56. The van der Waals surface area contributed by atoms with Gasteiger partial charge in [0.1, 0.15) is 5.82 Å². The van der Waals surface area contributed by atoms with Gasteiger partial charge >= 0.3 is 0 Å². The van der Waals surface area contributed by atoms with Crippen LogP contribution >= 0.6 is 0 Å². The lowest BCUT2D eigenvalue weighted by atomic mass is 9.45. The van der Waals surface area contributed by atoms with Crippen LogP contribution in [0.4, 0.5) is 5.69 Å². The van der Waals surface area contributed by atoms with Gasteiger partial charge in [-0.15, -0.1) is 6.58 Å². The van der Waals surface area contributed by atoms with Gasteiger partial charge in [0.25, 0.3) is 5.56 Å². The van der Waals surface area contributed by atoms with E-state index in [-0.39, 0.29) is 5.56 Å². The average molecular weight is 575 g/mol. The van der Waals surface area contributed by atoms with Crippen molar-refractivity contribution in [1.82, 2.24) is 29.6 Å². The van der Waals surface area contributed by atoms with Gasteiger partial charge in [-0.25, -0.2) is 9.98 Å². The third-order valence-electron chi connectivity index (χ3n) is 10.8. The minimum absolute atomic E-state index is 0.00160. The normalized spacial score (nSPS) is 30.3. The Hall–Kier alpha value is -2.75. The lowest BCUT2D eigenvalue weighted by Gasteiger charge is -2.61. The Bertz CT molecular complexity index is 1390. The van der Waals surface area contributed by atoms with Crippen molar-refractivity contribution in [2.45, 2.75) is 65.7 Å². The van der Waals surface area contributed by atoms with Gasteiger partial charge in [0.05, 0.1) is 23.5 Å². The van der Waals surface area contributed by atoms with E-state index in [0.717, 1.165) is 87.1 Å². The second kappa shape index (κ2) is 11.7. The summed E-state index contributed by atoms with van der Waals surface area (Å²) in [5.74, 6) is 3.83. The Morgan fingerprint density at radius 3 is 2.67 bits per heavy atom. The van der Waals surface area contributed by atoms with Crippen molar-refractivity contribution in [2.75, 3.05) is 58.2 Å². The summed E-state index contributed by atoms with van der Waals surface area (Å²) in [4.78, 5) is 31.3. The molecule has 2 bridgehead atoms. The molecule has 1 aromatic heterocycles. The molecule has 2 aliphatic heterocycles. The number of guanidine groups is 1. The summed E-state index contributed by atoms with van der Waals surface area (Å²) in [5, 5.41) is 7.92. The van der Waals surface area contributed by atoms with Crippen LogP contribution in [-0.4, -0.2) is 95.2 Å². The number of piperazine rings is 2. The van der Waals surface area contributed by atoms with E-state index in [2.05, 4.69) is 66.7 Å². The number of nitrogens with zero attached hydrogens (tertiary/aromatic N) is 6. The number of aromatic nitrogens is 2. The summed E-state index contributed by atoms with van der Waals surface area (Å²) in [6, 6.07) is 6.70. The molecule has 2 saturated heterocycles. The van der Waals surface area contributed by atoms with E-state index in [1.54, 1.807) is 10.6 Å². The van der Waals surface area contributed by atoms with Crippen LogP contribution in [0, 0.1) is 23.2 Å². The smallest absolute Gasteiger partial charge is 0.261 e. The number of fused-ring (bicyclic) bond motifs is 3. The fraction of sp³-hybridized carbons (Fsp3) is 0.667. The molecule has 1 aromatic carbocycles. The zero-order chi connectivity index (χ0) is 29.6. The predicted molar refractivity (Wildman–Crippen MR) is 172 cm³/mol. The van der Waals surface area contributed by atoms with Crippen LogP contribution < -0.4 is 16.2 Å². The molecule has 1 unspecified atom stereocenters. The summed E-state index contributed by atoms with van der Waals surface area (Å²) < 4.78 is 1.78. The molecule has 7 rings (SSSR count). The lowest BCUT2D eigenvalue weighted by Crippen LogP contribution is -2.57. The molecule has 5 atom stereocenters. The zero-order valence-corrected chi connectivity index (χ0v) is 26.3. The number of allylic oxidation sites excluding steroid dienone is 1. The molecule has 3 aliphatic carbocycles. The molecule has 2 N–H and O–H groups in total. The largest absolute Gasteiger partial charge is 0.340 e. The highest BCUT2D eigenvalue weighted by atomic mass is 16.1. The molecule has 0 spiro atoms. The molecule has 0 amide bonds. The van der Waals surface area contributed by atoms with Gasteiger partial charge in [0.15, 0.2) is 5.96 Å². The molecule has 3 saturated carbocycles. The standard InChI is InChI=1S/C33H50N8O/c1-7-11-41-30(21-39-15-13-38(6)14-16-39)36-29-19-25(8-9-26(29)31(41)42)35-32(40-12-10-34-22(2)20-40)37-28-18-24-17-27(23(28)3)33(24,4)5/h7-9,19,22-24,27-28,34H,1,10-18,20-21H2,2-6H3,(H,35,37)/t22-,23-,24+,27+,28?/m0/s1. The van der Waals surface area contributed by atoms with Crippen LogP contribution in [0.3, 0.4) is 0 Å². The van der Waals surface area contributed by atoms with E-state index in [1.807, 2.05) is 18.2 Å². The lowest BCUT2D eigenvalue weighted by molar-refractivity contribution is -0.108. The van der Waals surface area contributed by atoms with Crippen molar-refractivity contribution in [3.63, 3.8) is 0 Å². The van der Waals surface area contributed by atoms with Crippen molar-refractivity contribution in [2.24, 2.45) is 28.2 Å². The minimum Gasteiger partial charge on any atom is -0.340 e. The Kier molecular flexibility index (Phi) is 8.19. The van der Waals surface area contributed by atoms with Crippen molar-refractivity contribution < 1.29 is 0 Å². The van der Waals surface area contributed by atoms with E-state index in [4.69, 9.17) is 9.98 Å². The third kappa shape index (κ3) is 5.63. The highest BCUT2D eigenvalue weighted by molar-refractivity contribution is 5.96. The van der Waals surface area contributed by atoms with Crippen LogP contribution in [0.1, 0.15) is 46.4 Å². The van der Waals surface area contributed by atoms with Gasteiger partial charge < -0.3 is 20.4 Å². The zero-order valence-electron chi connectivity index (χ0n) is 26.3. The van der Waals surface area contributed by atoms with Crippen LogP contribution in [0.15, 0.2) is 40.6 Å². The number of hydrogen-bond donors (Lipinski definition) is 2. The fourth-order valence-corrected chi connectivity index (χ4v) is 7.89. The number of aliphatic imine (C=N–C) groups is 1. The maximum atomic E-state index is 13.6. The van der Waals surface area contributed by atoms with Gasteiger partial charge in [-0.05, 0) is 68.2 Å². The van der Waals surface area contributed by atoms with Crippen LogP contribution in [-0.2, 0) is 13.1 Å².